The van der Waals surface area contributed by atoms with E-state index < -0.39 is 11.7 Å². The average molecular weight is 396 g/mol. The Kier molecular flexibility index (Phi) is 3.77. The molecule has 1 saturated carbocycles. The summed E-state index contributed by atoms with van der Waals surface area (Å²) in [5.74, 6) is 0.0653. The molecule has 3 aliphatic rings. The van der Waals surface area contributed by atoms with Crippen LogP contribution in [0.1, 0.15) is 51.6 Å². The number of carbonyl (C=O) groups is 1. The Labute approximate surface area is 171 Å². The lowest BCUT2D eigenvalue weighted by atomic mass is 9.39. The van der Waals surface area contributed by atoms with E-state index in [1.54, 1.807) is 0 Å². The van der Waals surface area contributed by atoms with Crippen molar-refractivity contribution < 1.29 is 15.0 Å². The third-order valence-corrected chi connectivity index (χ3v) is 7.99. The Bertz CT molecular complexity index is 968. The molecule has 1 spiro atoms. The molecule has 1 aliphatic carbocycles. The number of likely N-dealkylation sites (tertiary alicyclic amines) is 1. The van der Waals surface area contributed by atoms with E-state index in [0.29, 0.717) is 25.9 Å². The molecule has 1 aromatic heterocycles. The summed E-state index contributed by atoms with van der Waals surface area (Å²) in [5.41, 5.74) is 2.14. The second kappa shape index (κ2) is 5.85. The van der Waals surface area contributed by atoms with Crippen molar-refractivity contribution in [3.05, 3.63) is 42.4 Å². The van der Waals surface area contributed by atoms with E-state index in [2.05, 4.69) is 54.6 Å². The van der Waals surface area contributed by atoms with Crippen molar-refractivity contribution in [3.8, 4) is 11.3 Å². The highest BCUT2D eigenvalue weighted by atomic mass is 16.4. The molecule has 29 heavy (non-hydrogen) atoms. The number of rotatable bonds is 1. The van der Waals surface area contributed by atoms with Crippen LogP contribution >= 0.6 is 0 Å². The summed E-state index contributed by atoms with van der Waals surface area (Å²) in [4.78, 5) is 17.3. The summed E-state index contributed by atoms with van der Waals surface area (Å²) in [6.07, 6.45) is 5.28. The summed E-state index contributed by atoms with van der Waals surface area (Å²) in [6.45, 7) is 7.37. The molecule has 3 unspecified atom stereocenters. The van der Waals surface area contributed by atoms with Crippen molar-refractivity contribution in [1.29, 1.82) is 0 Å². The maximum absolute atomic E-state index is 12.4. The number of benzene rings is 1. The number of fused-ring (bicyclic) bond motifs is 3. The van der Waals surface area contributed by atoms with Crippen LogP contribution in [0.4, 0.5) is 4.79 Å². The average Bonchev–Trinajstić information content (AvgIpc) is 3.26. The van der Waals surface area contributed by atoms with Crippen LogP contribution in [-0.2, 0) is 0 Å². The van der Waals surface area contributed by atoms with Crippen LogP contribution < -0.4 is 0 Å². The smallest absolute Gasteiger partial charge is 0.407 e. The van der Waals surface area contributed by atoms with Gasteiger partial charge in [-0.25, -0.2) is 9.78 Å². The molecule has 6 nitrogen and oxygen atoms in total. The fraction of sp³-hybridized carbons (Fsp3) is 0.565. The van der Waals surface area contributed by atoms with Crippen molar-refractivity contribution in [2.45, 2.75) is 51.7 Å². The summed E-state index contributed by atoms with van der Waals surface area (Å²) < 4.78 is 2.23. The lowest BCUT2D eigenvalue weighted by Crippen LogP contribution is -2.73. The highest BCUT2D eigenvalue weighted by molar-refractivity contribution is 5.69. The van der Waals surface area contributed by atoms with Gasteiger partial charge in [-0.3, -0.25) is 0 Å². The minimum Gasteiger partial charge on any atom is -0.465 e. The molecule has 154 valence electrons. The van der Waals surface area contributed by atoms with Gasteiger partial charge in [0, 0.05) is 30.0 Å². The molecule has 0 radical (unpaired) electrons. The van der Waals surface area contributed by atoms with E-state index in [-0.39, 0.29) is 22.8 Å². The Balaban J connectivity index is 1.55. The molecule has 5 rings (SSSR count). The third kappa shape index (κ3) is 2.26. The zero-order valence-electron chi connectivity index (χ0n) is 17.3. The molecule has 1 saturated heterocycles. The van der Waals surface area contributed by atoms with Crippen molar-refractivity contribution in [3.63, 3.8) is 0 Å². The molecule has 3 atom stereocenters. The van der Waals surface area contributed by atoms with Gasteiger partial charge in [0.1, 0.15) is 0 Å². The Hall–Kier alpha value is -2.34. The van der Waals surface area contributed by atoms with Crippen LogP contribution in [0.2, 0.25) is 0 Å². The maximum atomic E-state index is 12.4. The van der Waals surface area contributed by atoms with Crippen LogP contribution in [0.5, 0.6) is 0 Å². The number of amides is 1. The van der Waals surface area contributed by atoms with Gasteiger partial charge in [0.2, 0.25) is 0 Å². The number of piperidine rings is 1. The first-order valence-electron chi connectivity index (χ1n) is 10.5. The highest BCUT2D eigenvalue weighted by Crippen LogP contribution is 2.70. The quantitative estimate of drug-likeness (QED) is 0.765. The Morgan fingerprint density at radius 2 is 1.90 bits per heavy atom. The summed E-state index contributed by atoms with van der Waals surface area (Å²) >= 11 is 0. The Morgan fingerprint density at radius 3 is 2.55 bits per heavy atom. The number of imidazole rings is 1. The molecule has 2 aromatic rings. The SMILES string of the molecule is CC(C)(C)C1(O)C(C2c3ccccc3-c3cncn32)CC12CCN(C(=O)O)CC2. The van der Waals surface area contributed by atoms with E-state index in [1.807, 2.05) is 12.5 Å². The molecule has 1 aromatic carbocycles. The lowest BCUT2D eigenvalue weighted by molar-refractivity contribution is -0.290. The first-order chi connectivity index (χ1) is 13.7. The van der Waals surface area contributed by atoms with Crippen LogP contribution in [0, 0.1) is 16.7 Å². The van der Waals surface area contributed by atoms with Crippen molar-refractivity contribution in [1.82, 2.24) is 14.5 Å². The van der Waals surface area contributed by atoms with E-state index >= 15 is 0 Å². The molecule has 3 heterocycles. The first kappa shape index (κ1) is 18.7. The first-order valence-corrected chi connectivity index (χ1v) is 10.5. The fourth-order valence-electron chi connectivity index (χ4n) is 6.67. The van der Waals surface area contributed by atoms with E-state index in [9.17, 15) is 15.0 Å². The maximum Gasteiger partial charge on any atom is 0.407 e. The second-order valence-corrected chi connectivity index (χ2v) is 10.1. The van der Waals surface area contributed by atoms with Gasteiger partial charge in [-0.05, 0) is 30.2 Å². The predicted octanol–water partition coefficient (Wildman–Crippen LogP) is 4.01. The van der Waals surface area contributed by atoms with Gasteiger partial charge in [-0.1, -0.05) is 45.0 Å². The molecule has 2 N–H and O–H groups in total. The van der Waals surface area contributed by atoms with E-state index in [1.165, 1.54) is 16.0 Å². The van der Waals surface area contributed by atoms with Crippen molar-refractivity contribution >= 4 is 6.09 Å². The number of carboxylic acid groups (broad SMARTS) is 1. The van der Waals surface area contributed by atoms with Gasteiger partial charge in [-0.15, -0.1) is 0 Å². The van der Waals surface area contributed by atoms with Crippen molar-refractivity contribution in [2.75, 3.05) is 13.1 Å². The monoisotopic (exact) mass is 395 g/mol. The lowest BCUT2D eigenvalue weighted by Gasteiger charge is -2.70. The standard InChI is InChI=1S/C23H29N3O3/c1-21(2,3)23(29)17(12-22(23)8-10-25(11-9-22)20(27)28)19-16-7-5-4-6-15(16)18-13-24-14-26(18)19/h4-7,13-14,17,19,29H,8-12H2,1-3H3,(H,27,28). The zero-order chi connectivity index (χ0) is 20.6. The second-order valence-electron chi connectivity index (χ2n) is 10.1. The van der Waals surface area contributed by atoms with Crippen LogP contribution in [-0.4, -0.2) is 49.4 Å². The number of aliphatic hydroxyl groups is 1. The van der Waals surface area contributed by atoms with E-state index in [4.69, 9.17) is 0 Å². The summed E-state index contributed by atoms with van der Waals surface area (Å²) in [6, 6.07) is 8.50. The molecule has 0 bridgehead atoms. The van der Waals surface area contributed by atoms with Gasteiger partial charge in [0.25, 0.3) is 0 Å². The molecular weight excluding hydrogens is 366 g/mol. The third-order valence-electron chi connectivity index (χ3n) is 7.99. The van der Waals surface area contributed by atoms with Gasteiger partial charge >= 0.3 is 6.09 Å². The fourth-order valence-corrected chi connectivity index (χ4v) is 6.67. The normalized spacial score (nSPS) is 30.0. The molecule has 2 aliphatic heterocycles. The molecular formula is C23H29N3O3. The largest absolute Gasteiger partial charge is 0.465 e. The number of hydrogen-bond acceptors (Lipinski definition) is 3. The number of aromatic nitrogens is 2. The minimum atomic E-state index is -0.881. The molecule has 1 amide bonds. The van der Waals surface area contributed by atoms with Gasteiger partial charge < -0.3 is 19.7 Å². The summed E-state index contributed by atoms with van der Waals surface area (Å²) in [7, 11) is 0. The van der Waals surface area contributed by atoms with Crippen LogP contribution in [0.15, 0.2) is 36.8 Å². The number of nitrogens with zero attached hydrogens (tertiary/aromatic N) is 3. The van der Waals surface area contributed by atoms with Gasteiger partial charge in [0.05, 0.1) is 29.9 Å². The highest BCUT2D eigenvalue weighted by Gasteiger charge is 2.71. The van der Waals surface area contributed by atoms with Gasteiger partial charge in [-0.2, -0.15) is 0 Å². The van der Waals surface area contributed by atoms with Crippen LogP contribution in [0.3, 0.4) is 0 Å². The topological polar surface area (TPSA) is 78.6 Å². The number of hydrogen-bond donors (Lipinski definition) is 2. The zero-order valence-corrected chi connectivity index (χ0v) is 17.3. The van der Waals surface area contributed by atoms with E-state index in [0.717, 1.165) is 12.1 Å². The molecule has 6 heteroatoms. The predicted molar refractivity (Wildman–Crippen MR) is 110 cm³/mol. The van der Waals surface area contributed by atoms with Crippen LogP contribution in [0.25, 0.3) is 11.3 Å². The van der Waals surface area contributed by atoms with Crippen molar-refractivity contribution in [2.24, 2.45) is 16.7 Å². The summed E-state index contributed by atoms with van der Waals surface area (Å²) in [5, 5.41) is 21.7. The van der Waals surface area contributed by atoms with Gasteiger partial charge in [0.15, 0.2) is 0 Å². The Morgan fingerprint density at radius 1 is 1.21 bits per heavy atom. The minimum absolute atomic E-state index is 0.0653. The molecule has 2 fully saturated rings.